The van der Waals surface area contributed by atoms with Crippen molar-refractivity contribution < 1.29 is 14.6 Å². The summed E-state index contributed by atoms with van der Waals surface area (Å²) in [5.41, 5.74) is 1.72. The Morgan fingerprint density at radius 1 is 1.28 bits per heavy atom. The Labute approximate surface area is 151 Å². The molecule has 140 valence electrons. The quantitative estimate of drug-likeness (QED) is 0.857. The van der Waals surface area contributed by atoms with Crippen molar-refractivity contribution in [3.05, 3.63) is 35.4 Å². The summed E-state index contributed by atoms with van der Waals surface area (Å²) in [5.74, 6) is 0.472. The lowest BCUT2D eigenvalue weighted by atomic mass is 9.96. The summed E-state index contributed by atoms with van der Waals surface area (Å²) in [6.07, 6.45) is 1.26. The molecule has 0 radical (unpaired) electrons. The summed E-state index contributed by atoms with van der Waals surface area (Å²) in [4.78, 5) is 14.0. The van der Waals surface area contributed by atoms with Crippen LogP contribution in [0.4, 0.5) is 4.79 Å². The fraction of sp³-hybridized carbons (Fsp3) is 0.650. The standard InChI is InChI=1S/C20H32N2O3/c1-15-5-7-17(8-6-15)18(23)14-22-11-9-16(10-12-22)13-21-19(24)25-20(2,3)4/h5-8,16,18,23H,9-14H2,1-4H3,(H,21,24). The van der Waals surface area contributed by atoms with Crippen LogP contribution in [0.1, 0.15) is 50.8 Å². The summed E-state index contributed by atoms with van der Waals surface area (Å²) in [6.45, 7) is 10.9. The number of aliphatic hydroxyl groups excluding tert-OH is 1. The number of aryl methyl sites for hydroxylation is 1. The maximum atomic E-state index is 11.7. The zero-order chi connectivity index (χ0) is 18.4. The minimum absolute atomic E-state index is 0.343. The number of alkyl carbamates (subject to hydrolysis) is 1. The molecule has 0 aliphatic carbocycles. The number of benzene rings is 1. The van der Waals surface area contributed by atoms with E-state index in [2.05, 4.69) is 10.2 Å². The average Bonchev–Trinajstić information content (AvgIpc) is 2.53. The normalized spacial score (nSPS) is 18.0. The van der Waals surface area contributed by atoms with Crippen LogP contribution in [0.5, 0.6) is 0 Å². The largest absolute Gasteiger partial charge is 0.444 e. The summed E-state index contributed by atoms with van der Waals surface area (Å²) < 4.78 is 5.27. The smallest absolute Gasteiger partial charge is 0.407 e. The zero-order valence-electron chi connectivity index (χ0n) is 15.9. The molecule has 0 spiro atoms. The van der Waals surface area contributed by atoms with Crippen LogP contribution in [0, 0.1) is 12.8 Å². The number of aliphatic hydroxyl groups is 1. The average molecular weight is 348 g/mol. The third-order valence-corrected chi connectivity index (χ3v) is 4.53. The van der Waals surface area contributed by atoms with E-state index in [1.165, 1.54) is 5.56 Å². The highest BCUT2D eigenvalue weighted by Crippen LogP contribution is 2.21. The van der Waals surface area contributed by atoms with E-state index in [-0.39, 0.29) is 6.09 Å². The molecule has 0 bridgehead atoms. The molecule has 0 saturated carbocycles. The van der Waals surface area contributed by atoms with Gasteiger partial charge in [-0.2, -0.15) is 0 Å². The number of hydrogen-bond acceptors (Lipinski definition) is 4. The molecule has 2 N–H and O–H groups in total. The van der Waals surface area contributed by atoms with Crippen LogP contribution >= 0.6 is 0 Å². The number of nitrogens with zero attached hydrogens (tertiary/aromatic N) is 1. The van der Waals surface area contributed by atoms with Gasteiger partial charge in [0.15, 0.2) is 0 Å². The van der Waals surface area contributed by atoms with E-state index < -0.39 is 11.7 Å². The molecule has 1 aliphatic rings. The van der Waals surface area contributed by atoms with E-state index in [4.69, 9.17) is 4.74 Å². The van der Waals surface area contributed by atoms with Crippen molar-refractivity contribution >= 4 is 6.09 Å². The first-order valence-corrected chi connectivity index (χ1v) is 9.17. The predicted molar refractivity (Wildman–Crippen MR) is 99.5 cm³/mol. The number of ether oxygens (including phenoxy) is 1. The molecule has 1 unspecified atom stereocenters. The maximum Gasteiger partial charge on any atom is 0.407 e. The Morgan fingerprint density at radius 2 is 1.88 bits per heavy atom. The Balaban J connectivity index is 1.69. The van der Waals surface area contributed by atoms with E-state index in [1.807, 2.05) is 52.0 Å². The van der Waals surface area contributed by atoms with Crippen molar-refractivity contribution in [2.75, 3.05) is 26.2 Å². The van der Waals surface area contributed by atoms with Crippen LogP contribution < -0.4 is 5.32 Å². The van der Waals surface area contributed by atoms with Gasteiger partial charge in [-0.05, 0) is 65.1 Å². The molecule has 1 fully saturated rings. The first kappa shape index (κ1) is 19.7. The second-order valence-corrected chi connectivity index (χ2v) is 8.05. The molecule has 5 heteroatoms. The van der Waals surface area contributed by atoms with Gasteiger partial charge in [-0.1, -0.05) is 29.8 Å². The Bertz CT molecular complexity index is 543. The minimum Gasteiger partial charge on any atom is -0.444 e. The molecule has 2 rings (SSSR count). The van der Waals surface area contributed by atoms with E-state index in [9.17, 15) is 9.90 Å². The Hall–Kier alpha value is -1.59. The van der Waals surface area contributed by atoms with Crippen molar-refractivity contribution in [2.24, 2.45) is 5.92 Å². The summed E-state index contributed by atoms with van der Waals surface area (Å²) in [5, 5.41) is 13.3. The fourth-order valence-electron chi connectivity index (χ4n) is 3.05. The Morgan fingerprint density at radius 3 is 2.44 bits per heavy atom. The van der Waals surface area contributed by atoms with Gasteiger partial charge in [-0.25, -0.2) is 4.79 Å². The highest BCUT2D eigenvalue weighted by atomic mass is 16.6. The van der Waals surface area contributed by atoms with E-state index >= 15 is 0 Å². The van der Waals surface area contributed by atoms with Gasteiger partial charge in [0.25, 0.3) is 0 Å². The molecule has 1 aromatic rings. The number of rotatable bonds is 5. The van der Waals surface area contributed by atoms with E-state index in [0.717, 1.165) is 31.5 Å². The molecular weight excluding hydrogens is 316 g/mol. The van der Waals surface area contributed by atoms with Crippen molar-refractivity contribution in [2.45, 2.75) is 52.2 Å². The lowest BCUT2D eigenvalue weighted by Crippen LogP contribution is -2.41. The summed E-state index contributed by atoms with van der Waals surface area (Å²) in [6, 6.07) is 8.06. The van der Waals surface area contributed by atoms with Crippen molar-refractivity contribution in [3.8, 4) is 0 Å². The van der Waals surface area contributed by atoms with Crippen LogP contribution in [0.15, 0.2) is 24.3 Å². The molecule has 5 nitrogen and oxygen atoms in total. The number of β-amino-alcohol motifs (C(OH)–C–C–N with tert-alkyl or cyclic N) is 1. The number of piperidine rings is 1. The van der Waals surface area contributed by atoms with Gasteiger partial charge < -0.3 is 20.1 Å². The van der Waals surface area contributed by atoms with Crippen molar-refractivity contribution in [1.29, 1.82) is 0 Å². The molecule has 1 saturated heterocycles. The molecule has 25 heavy (non-hydrogen) atoms. The van der Waals surface area contributed by atoms with Gasteiger partial charge in [0.05, 0.1) is 6.10 Å². The monoisotopic (exact) mass is 348 g/mol. The van der Waals surface area contributed by atoms with E-state index in [1.54, 1.807) is 0 Å². The predicted octanol–water partition coefficient (Wildman–Crippen LogP) is 3.27. The van der Waals surface area contributed by atoms with Gasteiger partial charge in [0, 0.05) is 13.1 Å². The molecule has 1 aromatic carbocycles. The first-order chi connectivity index (χ1) is 11.7. The van der Waals surface area contributed by atoms with E-state index in [0.29, 0.717) is 19.0 Å². The van der Waals surface area contributed by atoms with Gasteiger partial charge in [-0.15, -0.1) is 0 Å². The maximum absolute atomic E-state index is 11.7. The lowest BCUT2D eigenvalue weighted by molar-refractivity contribution is 0.0502. The van der Waals surface area contributed by atoms with Crippen LogP contribution in [-0.4, -0.2) is 47.9 Å². The van der Waals surface area contributed by atoms with Gasteiger partial charge in [-0.3, -0.25) is 0 Å². The highest BCUT2D eigenvalue weighted by molar-refractivity contribution is 5.67. The number of amides is 1. The third kappa shape index (κ3) is 7.04. The third-order valence-electron chi connectivity index (χ3n) is 4.53. The van der Waals surface area contributed by atoms with Crippen molar-refractivity contribution in [3.63, 3.8) is 0 Å². The van der Waals surface area contributed by atoms with Crippen LogP contribution in [0.25, 0.3) is 0 Å². The fourth-order valence-corrected chi connectivity index (χ4v) is 3.05. The number of carbonyl (C=O) groups excluding carboxylic acids is 1. The van der Waals surface area contributed by atoms with Crippen LogP contribution in [-0.2, 0) is 4.74 Å². The topological polar surface area (TPSA) is 61.8 Å². The molecule has 1 aliphatic heterocycles. The SMILES string of the molecule is Cc1ccc(C(O)CN2CCC(CNC(=O)OC(C)(C)C)CC2)cc1. The Kier molecular flexibility index (Phi) is 6.85. The van der Waals surface area contributed by atoms with Crippen LogP contribution in [0.2, 0.25) is 0 Å². The highest BCUT2D eigenvalue weighted by Gasteiger charge is 2.23. The van der Waals surface area contributed by atoms with Gasteiger partial charge in [0.1, 0.15) is 5.60 Å². The molecule has 0 aromatic heterocycles. The van der Waals surface area contributed by atoms with Crippen LogP contribution in [0.3, 0.4) is 0 Å². The molecular formula is C20H32N2O3. The first-order valence-electron chi connectivity index (χ1n) is 9.17. The van der Waals surface area contributed by atoms with Crippen molar-refractivity contribution in [1.82, 2.24) is 10.2 Å². The number of likely N-dealkylation sites (tertiary alicyclic amines) is 1. The number of nitrogens with one attached hydrogen (secondary N) is 1. The summed E-state index contributed by atoms with van der Waals surface area (Å²) >= 11 is 0. The number of hydrogen-bond donors (Lipinski definition) is 2. The molecule has 1 amide bonds. The molecule has 1 heterocycles. The number of carbonyl (C=O) groups is 1. The zero-order valence-corrected chi connectivity index (χ0v) is 15.9. The minimum atomic E-state index is -0.459. The van der Waals surface area contributed by atoms with Gasteiger partial charge in [0.2, 0.25) is 0 Å². The second-order valence-electron chi connectivity index (χ2n) is 8.05. The summed E-state index contributed by atoms with van der Waals surface area (Å²) in [7, 11) is 0. The van der Waals surface area contributed by atoms with Gasteiger partial charge >= 0.3 is 6.09 Å². The second kappa shape index (κ2) is 8.68. The lowest BCUT2D eigenvalue weighted by Gasteiger charge is -2.33. The molecule has 1 atom stereocenters.